The smallest absolute Gasteiger partial charge is 0.344 e. The second-order valence-corrected chi connectivity index (χ2v) is 9.75. The number of hydrogen-bond acceptors (Lipinski definition) is 8. The summed E-state index contributed by atoms with van der Waals surface area (Å²) in [5.41, 5.74) is 7.62. The summed E-state index contributed by atoms with van der Waals surface area (Å²) in [6, 6.07) is 25.9. The minimum Gasteiger partial charge on any atom is -0.465 e. The molecule has 41 heavy (non-hydrogen) atoms. The monoisotopic (exact) mass is 582 g/mol. The molecule has 1 unspecified atom stereocenters. The predicted molar refractivity (Wildman–Crippen MR) is 157 cm³/mol. The number of aliphatic hydroxyl groups is 1. The number of nitrogens with zero attached hydrogens (tertiary/aromatic N) is 3. The third kappa shape index (κ3) is 4.82. The minimum atomic E-state index is -1.38. The maximum atomic E-state index is 13.4. The molecule has 0 fully saturated rings. The lowest BCUT2D eigenvalue weighted by atomic mass is 9.92. The first-order valence-electron chi connectivity index (χ1n) is 12.1. The Morgan fingerprint density at radius 3 is 2.10 bits per heavy atom. The Balaban J connectivity index is 1.94. The van der Waals surface area contributed by atoms with E-state index in [0.29, 0.717) is 26.9 Å². The number of nitrogens with two attached hydrogens (primary N) is 1. The van der Waals surface area contributed by atoms with Gasteiger partial charge in [0.1, 0.15) is 23.3 Å². The zero-order valence-corrected chi connectivity index (χ0v) is 22.9. The van der Waals surface area contributed by atoms with Crippen LogP contribution in [0.3, 0.4) is 0 Å². The third-order valence-corrected chi connectivity index (χ3v) is 7.07. The van der Waals surface area contributed by atoms with Gasteiger partial charge in [0.25, 0.3) is 0 Å². The molecule has 0 spiro atoms. The van der Waals surface area contributed by atoms with Crippen molar-refractivity contribution in [2.45, 2.75) is 6.23 Å². The Morgan fingerprint density at radius 2 is 1.54 bits per heavy atom. The maximum absolute atomic E-state index is 13.4. The van der Waals surface area contributed by atoms with E-state index in [1.54, 1.807) is 78.9 Å². The Kier molecular flexibility index (Phi) is 7.56. The molecule has 10 heteroatoms. The summed E-state index contributed by atoms with van der Waals surface area (Å²) in [7, 11) is 1.19. The van der Waals surface area contributed by atoms with Crippen molar-refractivity contribution in [3.63, 3.8) is 0 Å². The van der Waals surface area contributed by atoms with Crippen LogP contribution in [0.25, 0.3) is 22.1 Å². The van der Waals surface area contributed by atoms with Gasteiger partial charge in [-0.3, -0.25) is 4.90 Å². The highest BCUT2D eigenvalue weighted by molar-refractivity contribution is 6.31. The molecule has 5 aromatic rings. The average Bonchev–Trinajstić information content (AvgIpc) is 3.37. The summed E-state index contributed by atoms with van der Waals surface area (Å²) in [5, 5.41) is 32.9. The van der Waals surface area contributed by atoms with Crippen molar-refractivity contribution < 1.29 is 19.1 Å². The first-order valence-corrected chi connectivity index (χ1v) is 12.9. The predicted octanol–water partition coefficient (Wildman–Crippen LogP) is 7.35. The number of rotatable bonds is 6. The van der Waals surface area contributed by atoms with Crippen LogP contribution >= 0.6 is 23.2 Å². The molecule has 0 aliphatic rings. The van der Waals surface area contributed by atoms with E-state index in [1.807, 2.05) is 6.07 Å². The second-order valence-electron chi connectivity index (χ2n) is 8.88. The van der Waals surface area contributed by atoms with Crippen LogP contribution in [0.2, 0.25) is 10.0 Å². The Bertz CT molecular complexity index is 1860. The average molecular weight is 583 g/mol. The van der Waals surface area contributed by atoms with Gasteiger partial charge in [-0.15, -0.1) is 0 Å². The molecule has 1 heterocycles. The Hall–Kier alpha value is -4.99. The zero-order valence-electron chi connectivity index (χ0n) is 21.4. The van der Waals surface area contributed by atoms with Crippen LogP contribution in [-0.2, 0) is 4.74 Å². The van der Waals surface area contributed by atoms with Crippen LogP contribution in [0, 0.1) is 22.7 Å². The fourth-order valence-corrected chi connectivity index (χ4v) is 4.92. The quantitative estimate of drug-likeness (QED) is 0.120. The molecule has 0 saturated carbocycles. The highest BCUT2D eigenvalue weighted by Gasteiger charge is 2.35. The zero-order chi connectivity index (χ0) is 29.3. The molecule has 0 bridgehead atoms. The number of methoxy groups -OCH3 is 1. The number of anilines is 3. The molecule has 0 saturated heterocycles. The molecule has 1 atom stereocenters. The standard InChI is InChI=1S/C31H20Cl2N4O4/c1-40-31(39)26-25-23(16-35)27(36)22(15-34)24(17-7-11-19(32)12-8-17)28(25)41-30(26)37(21-5-3-2-4-6-21)29(38)18-9-13-20(33)14-10-18/h2-14,29,38H,36H2,1H3. The van der Waals surface area contributed by atoms with Gasteiger partial charge >= 0.3 is 5.97 Å². The number of benzene rings is 4. The lowest BCUT2D eigenvalue weighted by Crippen LogP contribution is -2.25. The van der Waals surface area contributed by atoms with Crippen LogP contribution in [-0.4, -0.2) is 18.2 Å². The van der Waals surface area contributed by atoms with Crippen LogP contribution < -0.4 is 10.6 Å². The number of carbonyl (C=O) groups excluding carboxylic acids is 1. The lowest BCUT2D eigenvalue weighted by molar-refractivity contribution is 0.0602. The lowest BCUT2D eigenvalue weighted by Gasteiger charge is -2.28. The van der Waals surface area contributed by atoms with Crippen molar-refractivity contribution in [2.75, 3.05) is 17.7 Å². The van der Waals surface area contributed by atoms with E-state index in [2.05, 4.69) is 6.07 Å². The van der Waals surface area contributed by atoms with Crippen molar-refractivity contribution in [1.82, 2.24) is 0 Å². The number of nitriles is 2. The normalized spacial score (nSPS) is 11.5. The molecule has 0 radical (unpaired) electrons. The first kappa shape index (κ1) is 27.6. The van der Waals surface area contributed by atoms with E-state index in [-0.39, 0.29) is 44.8 Å². The van der Waals surface area contributed by atoms with Gasteiger partial charge in [0, 0.05) is 26.9 Å². The molecule has 1 aromatic heterocycles. The number of furan rings is 1. The van der Waals surface area contributed by atoms with E-state index in [4.69, 9.17) is 38.1 Å². The number of aliphatic hydroxyl groups excluding tert-OH is 1. The Morgan fingerprint density at radius 1 is 0.951 bits per heavy atom. The van der Waals surface area contributed by atoms with Gasteiger partial charge < -0.3 is 20.0 Å². The van der Waals surface area contributed by atoms with Crippen molar-refractivity contribution in [1.29, 1.82) is 10.5 Å². The van der Waals surface area contributed by atoms with Gasteiger partial charge in [-0.05, 0) is 42.0 Å². The number of nitrogen functional groups attached to an aromatic ring is 1. The van der Waals surface area contributed by atoms with Crippen molar-refractivity contribution in [2.24, 2.45) is 0 Å². The van der Waals surface area contributed by atoms with Gasteiger partial charge in [0.05, 0.1) is 29.3 Å². The Labute approximate surface area is 244 Å². The van der Waals surface area contributed by atoms with E-state index in [1.165, 1.54) is 12.0 Å². The molecule has 4 aromatic carbocycles. The highest BCUT2D eigenvalue weighted by atomic mass is 35.5. The van der Waals surface area contributed by atoms with Gasteiger partial charge in [-0.25, -0.2) is 4.79 Å². The topological polar surface area (TPSA) is 137 Å². The number of hydrogen-bond donors (Lipinski definition) is 2. The molecular weight excluding hydrogens is 563 g/mol. The molecule has 202 valence electrons. The molecule has 5 rings (SSSR count). The maximum Gasteiger partial charge on any atom is 0.344 e. The third-order valence-electron chi connectivity index (χ3n) is 6.57. The molecule has 0 aliphatic heterocycles. The second kappa shape index (κ2) is 11.2. The number of esters is 1. The van der Waals surface area contributed by atoms with E-state index in [9.17, 15) is 20.4 Å². The highest BCUT2D eigenvalue weighted by Crippen LogP contribution is 2.48. The van der Waals surface area contributed by atoms with E-state index >= 15 is 0 Å². The van der Waals surface area contributed by atoms with Crippen molar-refractivity contribution in [3.05, 3.63) is 111 Å². The van der Waals surface area contributed by atoms with Gasteiger partial charge in [-0.1, -0.05) is 65.7 Å². The molecule has 3 N–H and O–H groups in total. The van der Waals surface area contributed by atoms with Crippen LogP contribution in [0.15, 0.2) is 83.3 Å². The summed E-state index contributed by atoms with van der Waals surface area (Å²) in [6.07, 6.45) is -1.38. The minimum absolute atomic E-state index is 0.0161. The fraction of sp³-hybridized carbons (Fsp3) is 0.0645. The van der Waals surface area contributed by atoms with Crippen LogP contribution in [0.5, 0.6) is 0 Å². The fourth-order valence-electron chi connectivity index (χ4n) is 4.67. The molecule has 8 nitrogen and oxygen atoms in total. The van der Waals surface area contributed by atoms with E-state index in [0.717, 1.165) is 0 Å². The molecule has 0 amide bonds. The summed E-state index contributed by atoms with van der Waals surface area (Å²) >= 11 is 12.2. The summed E-state index contributed by atoms with van der Waals surface area (Å²) in [5.74, 6) is -0.965. The number of fused-ring (bicyclic) bond motifs is 1. The van der Waals surface area contributed by atoms with Gasteiger partial charge in [0.15, 0.2) is 6.23 Å². The van der Waals surface area contributed by atoms with Crippen molar-refractivity contribution in [3.8, 4) is 23.3 Å². The molecule has 0 aliphatic carbocycles. The summed E-state index contributed by atoms with van der Waals surface area (Å²) in [4.78, 5) is 14.8. The number of ether oxygens (including phenoxy) is 1. The van der Waals surface area contributed by atoms with Crippen molar-refractivity contribution >= 4 is 57.4 Å². The molecular formula is C31H20Cl2N4O4. The number of halogens is 2. The number of carbonyl (C=O) groups is 1. The summed E-state index contributed by atoms with van der Waals surface area (Å²) in [6.45, 7) is 0. The van der Waals surface area contributed by atoms with Crippen LogP contribution in [0.1, 0.15) is 33.3 Å². The van der Waals surface area contributed by atoms with Gasteiger partial charge in [-0.2, -0.15) is 10.5 Å². The first-order chi connectivity index (χ1) is 19.8. The van der Waals surface area contributed by atoms with Crippen LogP contribution in [0.4, 0.5) is 17.3 Å². The summed E-state index contributed by atoms with van der Waals surface area (Å²) < 4.78 is 11.5. The number of para-hydroxylation sites is 1. The van der Waals surface area contributed by atoms with Gasteiger partial charge in [0.2, 0.25) is 5.88 Å². The van der Waals surface area contributed by atoms with E-state index < -0.39 is 12.2 Å². The largest absolute Gasteiger partial charge is 0.465 e. The SMILES string of the molecule is COC(=O)c1c(N(c2ccccc2)C(O)c2ccc(Cl)cc2)oc2c(-c3ccc(Cl)cc3)c(C#N)c(N)c(C#N)c12.